The van der Waals surface area contributed by atoms with Gasteiger partial charge in [-0.2, -0.15) is 0 Å². The molecule has 0 radical (unpaired) electrons. The molecule has 1 aliphatic heterocycles. The van der Waals surface area contributed by atoms with Crippen molar-refractivity contribution in [3.05, 3.63) is 47.0 Å². The van der Waals surface area contributed by atoms with Crippen molar-refractivity contribution in [2.75, 3.05) is 24.5 Å². The number of aryl methyl sites for hydroxylation is 3. The van der Waals surface area contributed by atoms with Gasteiger partial charge in [-0.05, 0) is 50.1 Å². The smallest absolute Gasteiger partial charge is 0.316 e. The molecule has 0 atom stereocenters. The molecule has 3 aromatic rings. The number of amides is 1. The number of rotatable bonds is 7. The maximum atomic E-state index is 12.2. The molecule has 9 nitrogen and oxygen atoms in total. The number of hydrogen-bond acceptors (Lipinski definition) is 9. The van der Waals surface area contributed by atoms with E-state index in [0.29, 0.717) is 23.0 Å². The molecule has 0 bridgehead atoms. The van der Waals surface area contributed by atoms with Crippen molar-refractivity contribution in [1.82, 2.24) is 10.2 Å². The van der Waals surface area contributed by atoms with E-state index in [4.69, 9.17) is 18.6 Å². The number of anilines is 1. The highest BCUT2D eigenvalue weighted by atomic mass is 32.2. The summed E-state index contributed by atoms with van der Waals surface area (Å²) in [5.74, 6) is 0.516. The second-order valence-electron chi connectivity index (χ2n) is 7.21. The van der Waals surface area contributed by atoms with Gasteiger partial charge in [-0.1, -0.05) is 29.5 Å². The number of carbonyl (C=O) groups is 2. The van der Waals surface area contributed by atoms with Gasteiger partial charge in [0.2, 0.25) is 12.7 Å². The fraction of sp³-hybridized carbons (Fsp3) is 0.273. The van der Waals surface area contributed by atoms with Crippen molar-refractivity contribution in [2.24, 2.45) is 0 Å². The van der Waals surface area contributed by atoms with E-state index in [1.807, 2.05) is 32.9 Å². The maximum absolute atomic E-state index is 12.2. The maximum Gasteiger partial charge on any atom is 0.316 e. The molecule has 0 saturated heterocycles. The van der Waals surface area contributed by atoms with Gasteiger partial charge >= 0.3 is 5.97 Å². The van der Waals surface area contributed by atoms with E-state index in [2.05, 4.69) is 15.5 Å². The van der Waals surface area contributed by atoms with Crippen LogP contribution in [-0.4, -0.2) is 41.2 Å². The second-order valence-corrected chi connectivity index (χ2v) is 8.14. The van der Waals surface area contributed by atoms with Gasteiger partial charge in [-0.25, -0.2) is 0 Å². The van der Waals surface area contributed by atoms with Crippen molar-refractivity contribution in [3.8, 4) is 23.0 Å². The van der Waals surface area contributed by atoms with Gasteiger partial charge in [0.05, 0.1) is 0 Å². The van der Waals surface area contributed by atoms with E-state index in [1.165, 1.54) is 0 Å². The Hall–Kier alpha value is -3.53. The van der Waals surface area contributed by atoms with Crippen LogP contribution in [0.2, 0.25) is 0 Å². The molecule has 4 rings (SSSR count). The first-order valence-corrected chi connectivity index (χ1v) is 10.8. The Morgan fingerprint density at radius 1 is 1.06 bits per heavy atom. The fourth-order valence-corrected chi connectivity index (χ4v) is 3.84. The Morgan fingerprint density at radius 3 is 2.59 bits per heavy atom. The third kappa shape index (κ3) is 5.02. The minimum Gasteiger partial charge on any atom is -0.455 e. The van der Waals surface area contributed by atoms with E-state index in [1.54, 1.807) is 18.2 Å². The zero-order valence-corrected chi connectivity index (χ0v) is 18.6. The topological polar surface area (TPSA) is 113 Å². The highest BCUT2D eigenvalue weighted by molar-refractivity contribution is 7.99. The number of carbonyl (C=O) groups excluding carboxylic acids is 2. The number of nitrogens with one attached hydrogen (secondary N) is 1. The number of thioether (sulfide) groups is 1. The highest BCUT2D eigenvalue weighted by Crippen LogP contribution is 2.36. The van der Waals surface area contributed by atoms with Crippen molar-refractivity contribution >= 4 is 29.3 Å². The molecule has 166 valence electrons. The van der Waals surface area contributed by atoms with Crippen molar-refractivity contribution < 1.29 is 28.2 Å². The standard InChI is InChI=1S/C22H21N3O6S/c1-12-6-13(2)20(14(3)7-12)23-18(26)9-28-19(27)10-32-22-25-24-21(31-22)15-4-5-16-17(8-15)30-11-29-16/h4-8H,9-11H2,1-3H3,(H,23,26). The van der Waals surface area contributed by atoms with Gasteiger partial charge in [0.1, 0.15) is 5.75 Å². The quantitative estimate of drug-likeness (QED) is 0.421. The first-order valence-electron chi connectivity index (χ1n) is 9.78. The molecule has 0 aliphatic carbocycles. The van der Waals surface area contributed by atoms with E-state index in [9.17, 15) is 9.59 Å². The number of esters is 1. The summed E-state index contributed by atoms with van der Waals surface area (Å²) >= 11 is 1.03. The zero-order chi connectivity index (χ0) is 22.7. The normalized spacial score (nSPS) is 12.0. The third-order valence-electron chi connectivity index (χ3n) is 4.65. The average Bonchev–Trinajstić information content (AvgIpc) is 3.42. The van der Waals surface area contributed by atoms with Crippen LogP contribution in [0.5, 0.6) is 11.5 Å². The number of nitrogens with zero attached hydrogens (tertiary/aromatic N) is 2. The molecule has 1 amide bonds. The van der Waals surface area contributed by atoms with Gasteiger partial charge in [0.25, 0.3) is 11.1 Å². The van der Waals surface area contributed by atoms with Gasteiger partial charge in [0, 0.05) is 11.3 Å². The number of fused-ring (bicyclic) bond motifs is 1. The summed E-state index contributed by atoms with van der Waals surface area (Å²) in [5, 5.41) is 10.9. The lowest BCUT2D eigenvalue weighted by atomic mass is 10.1. The Labute approximate surface area is 188 Å². The molecule has 2 aromatic carbocycles. The zero-order valence-electron chi connectivity index (χ0n) is 17.8. The molecule has 0 unspecified atom stereocenters. The monoisotopic (exact) mass is 455 g/mol. The summed E-state index contributed by atoms with van der Waals surface area (Å²) in [6.45, 7) is 5.63. The van der Waals surface area contributed by atoms with E-state index < -0.39 is 11.9 Å². The predicted molar refractivity (Wildman–Crippen MR) is 117 cm³/mol. The van der Waals surface area contributed by atoms with Crippen LogP contribution in [0.1, 0.15) is 16.7 Å². The first-order chi connectivity index (χ1) is 15.4. The number of ether oxygens (including phenoxy) is 3. The molecule has 1 N–H and O–H groups in total. The van der Waals surface area contributed by atoms with E-state index in [0.717, 1.165) is 34.1 Å². The minimum absolute atomic E-state index is 0.0708. The van der Waals surface area contributed by atoms with E-state index in [-0.39, 0.29) is 24.4 Å². The SMILES string of the molecule is Cc1cc(C)c(NC(=O)COC(=O)CSc2nnc(-c3ccc4c(c3)OCO4)o2)c(C)c1. The van der Waals surface area contributed by atoms with Crippen LogP contribution >= 0.6 is 11.8 Å². The lowest BCUT2D eigenvalue weighted by Crippen LogP contribution is -2.22. The Bertz CT molecular complexity index is 1150. The summed E-state index contributed by atoms with van der Waals surface area (Å²) in [7, 11) is 0. The minimum atomic E-state index is -0.565. The van der Waals surface area contributed by atoms with Gasteiger partial charge in [-0.15, -0.1) is 10.2 Å². The van der Waals surface area contributed by atoms with E-state index >= 15 is 0 Å². The summed E-state index contributed by atoms with van der Waals surface area (Å²) in [6, 6.07) is 9.24. The average molecular weight is 455 g/mol. The van der Waals surface area contributed by atoms with Crippen LogP contribution in [0, 0.1) is 20.8 Å². The summed E-state index contributed by atoms with van der Waals surface area (Å²) < 4.78 is 21.2. The molecule has 0 fully saturated rings. The molecule has 1 aliphatic rings. The molecule has 2 heterocycles. The number of hydrogen-bond donors (Lipinski definition) is 1. The summed E-state index contributed by atoms with van der Waals surface area (Å²) in [5.41, 5.74) is 4.42. The Balaban J connectivity index is 1.25. The number of aromatic nitrogens is 2. The van der Waals surface area contributed by atoms with Crippen LogP contribution in [0.15, 0.2) is 40.0 Å². The molecule has 1 aromatic heterocycles. The van der Waals surface area contributed by atoms with Crippen LogP contribution in [0.25, 0.3) is 11.5 Å². The fourth-order valence-electron chi connectivity index (χ4n) is 3.28. The van der Waals surface area contributed by atoms with Crippen LogP contribution in [0.4, 0.5) is 5.69 Å². The van der Waals surface area contributed by atoms with Crippen LogP contribution in [-0.2, 0) is 14.3 Å². The van der Waals surface area contributed by atoms with Gasteiger partial charge in [0.15, 0.2) is 18.1 Å². The number of benzene rings is 2. The van der Waals surface area contributed by atoms with Crippen molar-refractivity contribution in [2.45, 2.75) is 26.0 Å². The molecule has 32 heavy (non-hydrogen) atoms. The highest BCUT2D eigenvalue weighted by Gasteiger charge is 2.18. The molecule has 0 spiro atoms. The van der Waals surface area contributed by atoms with Crippen LogP contribution in [0.3, 0.4) is 0 Å². The Kier molecular flexibility index (Phi) is 6.31. The van der Waals surface area contributed by atoms with Gasteiger partial charge < -0.3 is 23.9 Å². The van der Waals surface area contributed by atoms with Crippen molar-refractivity contribution in [3.63, 3.8) is 0 Å². The lowest BCUT2D eigenvalue weighted by Gasteiger charge is -2.12. The van der Waals surface area contributed by atoms with Crippen LogP contribution < -0.4 is 14.8 Å². The van der Waals surface area contributed by atoms with Gasteiger partial charge in [-0.3, -0.25) is 9.59 Å². The molecule has 10 heteroatoms. The molecular formula is C22H21N3O6S. The summed E-state index contributed by atoms with van der Waals surface area (Å²) in [4.78, 5) is 24.2. The lowest BCUT2D eigenvalue weighted by molar-refractivity contribution is -0.144. The first kappa shape index (κ1) is 21.7. The molecular weight excluding hydrogens is 434 g/mol. The predicted octanol–water partition coefficient (Wildman–Crippen LogP) is 3.66. The molecule has 0 saturated carbocycles. The third-order valence-corrected chi connectivity index (χ3v) is 5.44. The largest absolute Gasteiger partial charge is 0.455 e. The van der Waals surface area contributed by atoms with Crippen molar-refractivity contribution in [1.29, 1.82) is 0 Å². The Morgan fingerprint density at radius 2 is 1.81 bits per heavy atom. The second kappa shape index (κ2) is 9.31. The summed E-state index contributed by atoms with van der Waals surface area (Å²) in [6.07, 6.45) is 0.